The molecule has 2 heterocycles. The Balaban J connectivity index is 1.56. The minimum Gasteiger partial charge on any atom is -0.366 e. The van der Waals surface area contributed by atoms with Crippen LogP contribution in [-0.2, 0) is 19.0 Å². The van der Waals surface area contributed by atoms with Gasteiger partial charge >= 0.3 is 0 Å². The number of hydrogen-bond acceptors (Lipinski definition) is 2. The van der Waals surface area contributed by atoms with Gasteiger partial charge in [0.2, 0.25) is 5.91 Å². The van der Waals surface area contributed by atoms with Crippen molar-refractivity contribution in [3.05, 3.63) is 59.4 Å². The Morgan fingerprint density at radius 2 is 2.16 bits per heavy atom. The highest BCUT2D eigenvalue weighted by atomic mass is 16.1. The van der Waals surface area contributed by atoms with Crippen molar-refractivity contribution >= 4 is 5.91 Å². The van der Waals surface area contributed by atoms with Crippen molar-refractivity contribution in [3.63, 3.8) is 0 Å². The molecule has 1 amide bonds. The highest BCUT2D eigenvalue weighted by molar-refractivity contribution is 5.92. The van der Waals surface area contributed by atoms with Crippen LogP contribution in [0.25, 0.3) is 0 Å². The zero-order valence-corrected chi connectivity index (χ0v) is 14.9. The molecule has 1 aliphatic carbocycles. The minimum atomic E-state index is -0.327. The van der Waals surface area contributed by atoms with E-state index in [1.807, 2.05) is 18.2 Å². The Hall–Kier alpha value is -2.07. The van der Waals surface area contributed by atoms with E-state index in [1.165, 1.54) is 36.9 Å². The van der Waals surface area contributed by atoms with Crippen LogP contribution in [0.2, 0.25) is 0 Å². The summed E-state index contributed by atoms with van der Waals surface area (Å²) < 4.78 is 2.22. The molecule has 2 aliphatic rings. The molecule has 2 aromatic rings. The summed E-state index contributed by atoms with van der Waals surface area (Å²) in [4.78, 5) is 14.2. The van der Waals surface area contributed by atoms with Gasteiger partial charge in [-0.1, -0.05) is 18.6 Å². The van der Waals surface area contributed by atoms with E-state index in [0.29, 0.717) is 11.6 Å². The van der Waals surface area contributed by atoms with Gasteiger partial charge in [-0.3, -0.25) is 9.69 Å². The van der Waals surface area contributed by atoms with Gasteiger partial charge in [0.05, 0.1) is 0 Å². The molecule has 2 unspecified atom stereocenters. The van der Waals surface area contributed by atoms with Crippen molar-refractivity contribution in [3.8, 4) is 0 Å². The predicted molar refractivity (Wildman–Crippen MR) is 99.3 cm³/mol. The molecule has 4 rings (SSSR count). The molecule has 25 heavy (non-hydrogen) atoms. The summed E-state index contributed by atoms with van der Waals surface area (Å²) in [7, 11) is 2.12. The van der Waals surface area contributed by atoms with Crippen molar-refractivity contribution in [2.24, 2.45) is 12.8 Å². The second kappa shape index (κ2) is 6.34. The van der Waals surface area contributed by atoms with Gasteiger partial charge in [-0.05, 0) is 67.5 Å². The number of carbonyl (C=O) groups excluding carboxylic acids is 1. The van der Waals surface area contributed by atoms with E-state index in [9.17, 15) is 4.79 Å². The average Bonchev–Trinajstić information content (AvgIpc) is 3.03. The molecule has 1 saturated heterocycles. The van der Waals surface area contributed by atoms with E-state index >= 15 is 0 Å². The Bertz CT molecular complexity index is 781. The number of rotatable bonds is 4. The molecular formula is C21H27N3O. The topological polar surface area (TPSA) is 51.3 Å². The molecule has 2 N–H and O–H groups in total. The van der Waals surface area contributed by atoms with E-state index in [0.717, 1.165) is 19.5 Å². The number of nitrogens with two attached hydrogens (primary N) is 1. The summed E-state index contributed by atoms with van der Waals surface area (Å²) in [6.07, 6.45) is 8.25. The van der Waals surface area contributed by atoms with Gasteiger partial charge in [0.1, 0.15) is 0 Å². The highest BCUT2D eigenvalue weighted by Gasteiger charge is 2.43. The standard InChI is InChI=1S/C21H27N3O/c1-23-11-4-8-19(23)15-24-12-10-21(9-3-7-18(24)14-21)17-6-2-5-16(13-17)20(22)25/h2,4-6,8,11,13,18H,3,7,9-10,12,14-15H2,1H3,(H2,22,25). The molecule has 1 aliphatic heterocycles. The van der Waals surface area contributed by atoms with Crippen LogP contribution in [0.15, 0.2) is 42.6 Å². The summed E-state index contributed by atoms with van der Waals surface area (Å²) in [5.41, 5.74) is 9.06. The first-order valence-electron chi connectivity index (χ1n) is 9.32. The quantitative estimate of drug-likeness (QED) is 0.931. The molecule has 0 spiro atoms. The van der Waals surface area contributed by atoms with Crippen molar-refractivity contribution in [2.75, 3.05) is 6.54 Å². The highest BCUT2D eigenvalue weighted by Crippen LogP contribution is 2.47. The zero-order chi connectivity index (χ0) is 17.4. The summed E-state index contributed by atoms with van der Waals surface area (Å²) in [5.74, 6) is -0.327. The lowest BCUT2D eigenvalue weighted by molar-refractivity contribution is 0.0444. The van der Waals surface area contributed by atoms with Crippen LogP contribution in [0.5, 0.6) is 0 Å². The van der Waals surface area contributed by atoms with Gasteiger partial charge in [-0.2, -0.15) is 0 Å². The normalized spacial score (nSPS) is 26.5. The van der Waals surface area contributed by atoms with Gasteiger partial charge in [-0.15, -0.1) is 0 Å². The fourth-order valence-corrected chi connectivity index (χ4v) is 4.90. The number of hydrogen-bond donors (Lipinski definition) is 1. The van der Waals surface area contributed by atoms with Gasteiger partial charge in [-0.25, -0.2) is 0 Å². The first-order chi connectivity index (χ1) is 12.1. The lowest BCUT2D eigenvalue weighted by atomic mass is 9.63. The smallest absolute Gasteiger partial charge is 0.248 e. The van der Waals surface area contributed by atoms with E-state index in [2.05, 4.69) is 40.9 Å². The lowest BCUT2D eigenvalue weighted by Gasteiger charge is -2.51. The molecular weight excluding hydrogens is 310 g/mol. The van der Waals surface area contributed by atoms with Crippen molar-refractivity contribution in [1.29, 1.82) is 0 Å². The third-order valence-corrected chi connectivity index (χ3v) is 6.39. The molecule has 132 valence electrons. The molecule has 1 aromatic heterocycles. The monoisotopic (exact) mass is 337 g/mol. The molecule has 4 heteroatoms. The predicted octanol–water partition coefficient (Wildman–Crippen LogP) is 3.21. The third kappa shape index (κ3) is 2.99. The van der Waals surface area contributed by atoms with Crippen molar-refractivity contribution < 1.29 is 4.79 Å². The number of carbonyl (C=O) groups is 1. The summed E-state index contributed by atoms with van der Waals surface area (Å²) in [6.45, 7) is 2.15. The maximum atomic E-state index is 11.6. The van der Waals surface area contributed by atoms with Gasteiger partial charge < -0.3 is 10.3 Å². The first-order valence-corrected chi connectivity index (χ1v) is 9.32. The molecule has 1 aromatic carbocycles. The second-order valence-corrected chi connectivity index (χ2v) is 7.81. The molecule has 2 fully saturated rings. The average molecular weight is 337 g/mol. The number of aryl methyl sites for hydroxylation is 1. The van der Waals surface area contributed by atoms with Gasteiger partial charge in [0, 0.05) is 37.1 Å². The van der Waals surface area contributed by atoms with Crippen LogP contribution in [0.4, 0.5) is 0 Å². The first kappa shape index (κ1) is 16.4. The summed E-state index contributed by atoms with van der Waals surface area (Å²) in [5, 5.41) is 0. The molecule has 2 bridgehead atoms. The number of benzene rings is 1. The van der Waals surface area contributed by atoms with Crippen LogP contribution in [0.1, 0.15) is 53.7 Å². The summed E-state index contributed by atoms with van der Waals surface area (Å²) >= 11 is 0. The zero-order valence-electron chi connectivity index (χ0n) is 14.9. The number of fused-ring (bicyclic) bond motifs is 2. The Labute approximate surface area is 149 Å². The van der Waals surface area contributed by atoms with Crippen molar-refractivity contribution in [2.45, 2.75) is 50.1 Å². The van der Waals surface area contributed by atoms with Crippen LogP contribution < -0.4 is 5.73 Å². The van der Waals surface area contributed by atoms with Gasteiger partial charge in [0.15, 0.2) is 0 Å². The molecule has 2 atom stereocenters. The molecule has 1 saturated carbocycles. The van der Waals surface area contributed by atoms with Gasteiger partial charge in [0.25, 0.3) is 0 Å². The number of aromatic nitrogens is 1. The summed E-state index contributed by atoms with van der Waals surface area (Å²) in [6, 6.07) is 13.0. The number of primary amides is 1. The van der Waals surface area contributed by atoms with E-state index in [1.54, 1.807) is 0 Å². The largest absolute Gasteiger partial charge is 0.366 e. The molecule has 4 nitrogen and oxygen atoms in total. The lowest BCUT2D eigenvalue weighted by Crippen LogP contribution is -2.51. The molecule has 0 radical (unpaired) electrons. The fourth-order valence-electron chi connectivity index (χ4n) is 4.90. The number of piperidine rings is 1. The van der Waals surface area contributed by atoms with Crippen LogP contribution in [0, 0.1) is 0 Å². The van der Waals surface area contributed by atoms with Crippen LogP contribution >= 0.6 is 0 Å². The van der Waals surface area contributed by atoms with E-state index < -0.39 is 0 Å². The van der Waals surface area contributed by atoms with E-state index in [-0.39, 0.29) is 11.3 Å². The minimum absolute atomic E-state index is 0.221. The number of nitrogens with zero attached hydrogens (tertiary/aromatic N) is 2. The Morgan fingerprint density at radius 1 is 1.28 bits per heavy atom. The maximum Gasteiger partial charge on any atom is 0.248 e. The maximum absolute atomic E-state index is 11.6. The van der Waals surface area contributed by atoms with Crippen LogP contribution in [-0.4, -0.2) is 28.0 Å². The number of amides is 1. The van der Waals surface area contributed by atoms with E-state index in [4.69, 9.17) is 5.73 Å². The second-order valence-electron chi connectivity index (χ2n) is 7.81. The Morgan fingerprint density at radius 3 is 2.92 bits per heavy atom. The Kier molecular flexibility index (Phi) is 4.16. The van der Waals surface area contributed by atoms with Crippen LogP contribution in [0.3, 0.4) is 0 Å². The SMILES string of the molecule is Cn1cccc1CN1CCC2(c3cccc(C(N)=O)c3)CCCC1C2. The number of likely N-dealkylation sites (tertiary alicyclic amines) is 1. The fraction of sp³-hybridized carbons (Fsp3) is 0.476. The van der Waals surface area contributed by atoms with Crippen molar-refractivity contribution in [1.82, 2.24) is 9.47 Å². The third-order valence-electron chi connectivity index (χ3n) is 6.39.